The molecule has 0 aromatic rings. The van der Waals surface area contributed by atoms with Crippen molar-refractivity contribution in [3.63, 3.8) is 0 Å². The van der Waals surface area contributed by atoms with E-state index in [-0.39, 0.29) is 16.9 Å². The molecule has 4 aliphatic rings. The predicted molar refractivity (Wildman–Crippen MR) is 87.2 cm³/mol. The molecule has 2 heteroatoms. The molecule has 1 N–H and O–H groups in total. The summed E-state index contributed by atoms with van der Waals surface area (Å²) in [4.78, 5) is 12.6. The van der Waals surface area contributed by atoms with Gasteiger partial charge in [-0.15, -0.1) is 0 Å². The number of fused-ring (bicyclic) bond motifs is 5. The van der Waals surface area contributed by atoms with E-state index < -0.39 is 0 Å². The highest BCUT2D eigenvalue weighted by molar-refractivity contribution is 6.02. The highest BCUT2D eigenvalue weighted by Crippen LogP contribution is 2.64. The summed E-state index contributed by atoms with van der Waals surface area (Å²) in [7, 11) is 0. The fraction of sp³-hybridized carbons (Fsp3) is 0.750. The average Bonchev–Trinajstić information content (AvgIpc) is 2.72. The quantitative estimate of drug-likeness (QED) is 0.541. The molecule has 22 heavy (non-hydrogen) atoms. The van der Waals surface area contributed by atoms with Gasteiger partial charge in [-0.25, -0.2) is 0 Å². The van der Waals surface area contributed by atoms with E-state index in [0.29, 0.717) is 23.5 Å². The first-order chi connectivity index (χ1) is 10.4. The van der Waals surface area contributed by atoms with Gasteiger partial charge >= 0.3 is 0 Å². The second-order valence-corrected chi connectivity index (χ2v) is 8.75. The maximum absolute atomic E-state index is 12.6. The Morgan fingerprint density at radius 1 is 1.14 bits per heavy atom. The molecule has 0 heterocycles. The van der Waals surface area contributed by atoms with Gasteiger partial charge in [0, 0.05) is 5.41 Å². The largest absolute Gasteiger partial charge is 0.393 e. The van der Waals surface area contributed by atoms with Crippen molar-refractivity contribution in [3.8, 4) is 0 Å². The molecule has 3 fully saturated rings. The van der Waals surface area contributed by atoms with Crippen molar-refractivity contribution in [3.05, 3.63) is 23.8 Å². The Bertz CT molecular complexity index is 574. The van der Waals surface area contributed by atoms with Gasteiger partial charge in [0.25, 0.3) is 0 Å². The minimum atomic E-state index is -0.145. The Balaban J connectivity index is 1.71. The normalized spacial score (nSPS) is 51.0. The summed E-state index contributed by atoms with van der Waals surface area (Å²) in [6.45, 7) is 8.67. The van der Waals surface area contributed by atoms with Crippen LogP contribution in [-0.2, 0) is 4.79 Å². The Hall–Kier alpha value is -0.890. The zero-order valence-corrected chi connectivity index (χ0v) is 13.9. The molecular formula is C20H28O2. The maximum Gasteiger partial charge on any atom is 0.164 e. The van der Waals surface area contributed by atoms with Gasteiger partial charge in [-0.3, -0.25) is 4.79 Å². The summed E-state index contributed by atoms with van der Waals surface area (Å²) < 4.78 is 0. The number of rotatable bonds is 0. The van der Waals surface area contributed by atoms with Gasteiger partial charge in [0.1, 0.15) is 0 Å². The van der Waals surface area contributed by atoms with E-state index in [2.05, 4.69) is 26.5 Å². The van der Waals surface area contributed by atoms with Crippen LogP contribution >= 0.6 is 0 Å². The van der Waals surface area contributed by atoms with Crippen molar-refractivity contribution >= 4 is 5.78 Å². The number of ketones is 1. The fourth-order valence-electron chi connectivity index (χ4n) is 6.38. The number of carbonyl (C=O) groups excluding carboxylic acids is 1. The molecule has 0 aromatic heterocycles. The van der Waals surface area contributed by atoms with Crippen molar-refractivity contribution in [2.24, 2.45) is 28.6 Å². The highest BCUT2D eigenvalue weighted by Gasteiger charge is 2.59. The van der Waals surface area contributed by atoms with Crippen LogP contribution in [-0.4, -0.2) is 17.0 Å². The van der Waals surface area contributed by atoms with Crippen LogP contribution in [0.2, 0.25) is 0 Å². The van der Waals surface area contributed by atoms with E-state index in [4.69, 9.17) is 0 Å². The van der Waals surface area contributed by atoms with E-state index in [1.54, 1.807) is 0 Å². The standard InChI is InChI=1S/C20H28O2/c1-12-10-17-15-5-4-13-11-14(21)6-8-19(13,2)16(15)7-9-20(17,3)18(12)22/h4,14-17,21H,1,5-11H2,2-3H3/t14-,15-,16+,17-,19-,20-/m0/s1. The van der Waals surface area contributed by atoms with Crippen LogP contribution in [0.3, 0.4) is 0 Å². The summed E-state index contributed by atoms with van der Waals surface area (Å²) in [5.41, 5.74) is 2.48. The number of Topliss-reactive ketones (excluding diaryl/α,β-unsaturated/α-hetero) is 1. The molecular weight excluding hydrogens is 272 g/mol. The first-order valence-electron chi connectivity index (χ1n) is 8.96. The van der Waals surface area contributed by atoms with Crippen molar-refractivity contribution < 1.29 is 9.90 Å². The lowest BCUT2D eigenvalue weighted by molar-refractivity contribution is -0.130. The maximum atomic E-state index is 12.6. The molecule has 0 unspecified atom stereocenters. The van der Waals surface area contributed by atoms with Crippen LogP contribution in [0.1, 0.15) is 58.8 Å². The Labute approximate surface area is 133 Å². The van der Waals surface area contributed by atoms with Gasteiger partial charge in [0.2, 0.25) is 0 Å². The zero-order valence-electron chi connectivity index (χ0n) is 13.9. The first kappa shape index (κ1) is 14.7. The van der Waals surface area contributed by atoms with Gasteiger partial charge in [0.15, 0.2) is 5.78 Å². The third kappa shape index (κ3) is 1.73. The smallest absolute Gasteiger partial charge is 0.164 e. The number of hydrogen-bond acceptors (Lipinski definition) is 2. The zero-order chi connectivity index (χ0) is 15.7. The van der Waals surface area contributed by atoms with Gasteiger partial charge < -0.3 is 5.11 Å². The molecule has 0 aromatic carbocycles. The average molecular weight is 300 g/mol. The fourth-order valence-corrected chi connectivity index (χ4v) is 6.38. The number of aliphatic hydroxyl groups excluding tert-OH is 1. The Kier molecular flexibility index (Phi) is 3.05. The Morgan fingerprint density at radius 2 is 1.86 bits per heavy atom. The second kappa shape index (κ2) is 4.56. The van der Waals surface area contributed by atoms with Crippen molar-refractivity contribution in [1.29, 1.82) is 0 Å². The molecule has 0 amide bonds. The molecule has 0 aliphatic heterocycles. The SMILES string of the molecule is C=C1C[C@H]2[C@H]3CC=C4C[C@@H](O)CC[C@]4(C)[C@@H]3CC[C@]2(C)C1=O. The molecule has 0 spiro atoms. The van der Waals surface area contributed by atoms with Crippen LogP contribution in [0, 0.1) is 28.6 Å². The summed E-state index contributed by atoms with van der Waals surface area (Å²) in [5, 5.41) is 10.0. The monoisotopic (exact) mass is 300 g/mol. The van der Waals surface area contributed by atoms with Crippen molar-refractivity contribution in [2.45, 2.75) is 64.9 Å². The molecule has 4 rings (SSSR count). The summed E-state index contributed by atoms with van der Waals surface area (Å²) >= 11 is 0. The van der Waals surface area contributed by atoms with Crippen LogP contribution < -0.4 is 0 Å². The summed E-state index contributed by atoms with van der Waals surface area (Å²) in [5.74, 6) is 2.16. The lowest BCUT2D eigenvalue weighted by Crippen LogP contribution is -2.50. The van der Waals surface area contributed by atoms with Gasteiger partial charge in [0.05, 0.1) is 6.10 Å². The Morgan fingerprint density at radius 3 is 2.64 bits per heavy atom. The van der Waals surface area contributed by atoms with Crippen molar-refractivity contribution in [2.75, 3.05) is 0 Å². The van der Waals surface area contributed by atoms with E-state index in [0.717, 1.165) is 44.1 Å². The molecule has 120 valence electrons. The minimum absolute atomic E-state index is 0.141. The van der Waals surface area contributed by atoms with E-state index in [1.165, 1.54) is 12.0 Å². The third-order valence-corrected chi connectivity index (χ3v) is 7.77. The minimum Gasteiger partial charge on any atom is -0.393 e. The van der Waals surface area contributed by atoms with Gasteiger partial charge in [-0.1, -0.05) is 32.1 Å². The number of hydrogen-bond donors (Lipinski definition) is 1. The highest BCUT2D eigenvalue weighted by atomic mass is 16.3. The number of carbonyl (C=O) groups is 1. The third-order valence-electron chi connectivity index (χ3n) is 7.77. The number of allylic oxidation sites excluding steroid dienone is 2. The second-order valence-electron chi connectivity index (χ2n) is 8.75. The van der Waals surface area contributed by atoms with E-state index in [1.807, 2.05) is 0 Å². The molecule has 2 nitrogen and oxygen atoms in total. The first-order valence-corrected chi connectivity index (χ1v) is 8.96. The molecule has 0 radical (unpaired) electrons. The molecule has 3 saturated carbocycles. The van der Waals surface area contributed by atoms with Crippen LogP contribution in [0.25, 0.3) is 0 Å². The van der Waals surface area contributed by atoms with E-state index >= 15 is 0 Å². The van der Waals surface area contributed by atoms with Crippen LogP contribution in [0.5, 0.6) is 0 Å². The van der Waals surface area contributed by atoms with Crippen LogP contribution in [0.4, 0.5) is 0 Å². The summed E-state index contributed by atoms with van der Waals surface area (Å²) in [6.07, 6.45) is 9.40. The van der Waals surface area contributed by atoms with Gasteiger partial charge in [-0.2, -0.15) is 0 Å². The molecule has 0 bridgehead atoms. The lowest BCUT2D eigenvalue weighted by atomic mass is 9.48. The lowest BCUT2D eigenvalue weighted by Gasteiger charge is -2.56. The van der Waals surface area contributed by atoms with Crippen LogP contribution in [0.15, 0.2) is 23.8 Å². The predicted octanol–water partition coefficient (Wildman–Crippen LogP) is 4.05. The van der Waals surface area contributed by atoms with Gasteiger partial charge in [-0.05, 0) is 73.7 Å². The number of aliphatic hydroxyl groups is 1. The molecule has 4 aliphatic carbocycles. The topological polar surface area (TPSA) is 37.3 Å². The van der Waals surface area contributed by atoms with E-state index in [9.17, 15) is 9.90 Å². The van der Waals surface area contributed by atoms with Crippen molar-refractivity contribution in [1.82, 2.24) is 0 Å². The summed E-state index contributed by atoms with van der Waals surface area (Å²) in [6, 6.07) is 0. The molecule has 6 atom stereocenters. The molecule has 0 saturated heterocycles.